The van der Waals surface area contributed by atoms with Crippen molar-refractivity contribution < 1.29 is 14.6 Å². The van der Waals surface area contributed by atoms with Crippen LogP contribution in [0.15, 0.2) is 0 Å². The molecule has 0 amide bonds. The second-order valence-corrected chi connectivity index (χ2v) is 6.45. The van der Waals surface area contributed by atoms with Gasteiger partial charge in [-0.15, -0.1) is 0 Å². The number of methoxy groups -OCH3 is 1. The van der Waals surface area contributed by atoms with Gasteiger partial charge in [-0.1, -0.05) is 77.6 Å². The third kappa shape index (κ3) is 15.8. The Labute approximate surface area is 137 Å². The van der Waals surface area contributed by atoms with Crippen molar-refractivity contribution in [1.29, 1.82) is 0 Å². The molecule has 3 nitrogen and oxygen atoms in total. The third-order valence-corrected chi connectivity index (χ3v) is 4.29. The van der Waals surface area contributed by atoms with E-state index in [9.17, 15) is 9.90 Å². The molecule has 0 aromatic heterocycles. The van der Waals surface area contributed by atoms with Gasteiger partial charge in [0.2, 0.25) is 0 Å². The Kier molecular flexibility index (Phi) is 16.4. The van der Waals surface area contributed by atoms with Crippen LogP contribution in [0, 0.1) is 0 Å². The van der Waals surface area contributed by atoms with Crippen LogP contribution in [-0.2, 0) is 9.53 Å². The molecule has 1 N–H and O–H groups in total. The lowest BCUT2D eigenvalue weighted by Gasteiger charge is -2.10. The van der Waals surface area contributed by atoms with Crippen molar-refractivity contribution in [3.05, 3.63) is 0 Å². The van der Waals surface area contributed by atoms with Crippen LogP contribution in [0.5, 0.6) is 0 Å². The maximum absolute atomic E-state index is 10.9. The first-order valence-electron chi connectivity index (χ1n) is 9.45. The monoisotopic (exact) mass is 314 g/mol. The van der Waals surface area contributed by atoms with E-state index < -0.39 is 0 Å². The summed E-state index contributed by atoms with van der Waals surface area (Å²) >= 11 is 0. The smallest absolute Gasteiger partial charge is 0.305 e. The maximum atomic E-state index is 10.9. The maximum Gasteiger partial charge on any atom is 0.305 e. The minimum absolute atomic E-state index is 0.0739. The van der Waals surface area contributed by atoms with E-state index in [1.807, 2.05) is 0 Å². The van der Waals surface area contributed by atoms with E-state index in [1.54, 1.807) is 0 Å². The van der Waals surface area contributed by atoms with Gasteiger partial charge < -0.3 is 9.84 Å². The highest BCUT2D eigenvalue weighted by molar-refractivity contribution is 5.68. The van der Waals surface area contributed by atoms with Gasteiger partial charge in [0.05, 0.1) is 13.2 Å². The van der Waals surface area contributed by atoms with Crippen molar-refractivity contribution in [2.75, 3.05) is 7.11 Å². The molecule has 1 atom stereocenters. The summed E-state index contributed by atoms with van der Waals surface area (Å²) in [4.78, 5) is 10.9. The van der Waals surface area contributed by atoms with Crippen LogP contribution in [0.25, 0.3) is 0 Å². The largest absolute Gasteiger partial charge is 0.469 e. The molecule has 0 saturated carbocycles. The summed E-state index contributed by atoms with van der Waals surface area (Å²) in [6.45, 7) is 2.22. The molecule has 132 valence electrons. The van der Waals surface area contributed by atoms with Crippen LogP contribution in [0.2, 0.25) is 0 Å². The molecule has 0 rings (SSSR count). The number of hydrogen-bond donors (Lipinski definition) is 1. The Morgan fingerprint density at radius 1 is 0.818 bits per heavy atom. The van der Waals surface area contributed by atoms with Gasteiger partial charge in [0.25, 0.3) is 0 Å². The van der Waals surface area contributed by atoms with Crippen LogP contribution < -0.4 is 0 Å². The zero-order chi connectivity index (χ0) is 16.5. The van der Waals surface area contributed by atoms with Crippen molar-refractivity contribution in [3.63, 3.8) is 0 Å². The van der Waals surface area contributed by atoms with E-state index in [1.165, 1.54) is 64.9 Å². The number of hydrogen-bond acceptors (Lipinski definition) is 3. The normalized spacial score (nSPS) is 12.3. The first-order chi connectivity index (χ1) is 10.7. The summed E-state index contributed by atoms with van der Waals surface area (Å²) < 4.78 is 4.62. The van der Waals surface area contributed by atoms with Crippen molar-refractivity contribution in [2.45, 2.75) is 109 Å². The molecule has 1 unspecified atom stereocenters. The summed E-state index contributed by atoms with van der Waals surface area (Å²) in [6.07, 6.45) is 17.0. The molecule has 0 aromatic carbocycles. The zero-order valence-corrected chi connectivity index (χ0v) is 14.9. The molecule has 0 saturated heterocycles. The summed E-state index contributed by atoms with van der Waals surface area (Å²) in [7, 11) is 1.45. The number of carbonyl (C=O) groups excluding carboxylic acids is 1. The van der Waals surface area contributed by atoms with Crippen molar-refractivity contribution in [3.8, 4) is 0 Å². The molecule has 0 bridgehead atoms. The topological polar surface area (TPSA) is 46.5 Å². The number of unbranched alkanes of at least 4 members (excludes halogenated alkanes) is 10. The van der Waals surface area contributed by atoms with Gasteiger partial charge in [-0.3, -0.25) is 4.79 Å². The SMILES string of the molecule is CCCCCCC(O)CCCCCCCCCCC(=O)OC. The number of aliphatic hydroxyl groups excluding tert-OH is 1. The van der Waals surface area contributed by atoms with Crippen LogP contribution in [0.1, 0.15) is 103 Å². The van der Waals surface area contributed by atoms with E-state index in [-0.39, 0.29) is 12.1 Å². The van der Waals surface area contributed by atoms with Crippen LogP contribution in [-0.4, -0.2) is 24.3 Å². The van der Waals surface area contributed by atoms with Gasteiger partial charge in [-0.05, 0) is 19.3 Å². The van der Waals surface area contributed by atoms with Crippen molar-refractivity contribution in [2.24, 2.45) is 0 Å². The molecular weight excluding hydrogens is 276 g/mol. The minimum atomic E-state index is -0.0896. The van der Waals surface area contributed by atoms with E-state index in [0.29, 0.717) is 6.42 Å². The van der Waals surface area contributed by atoms with Gasteiger partial charge in [0.15, 0.2) is 0 Å². The predicted octanol–water partition coefficient (Wildman–Crippen LogP) is 5.39. The highest BCUT2D eigenvalue weighted by Gasteiger charge is 2.03. The minimum Gasteiger partial charge on any atom is -0.469 e. The van der Waals surface area contributed by atoms with Gasteiger partial charge in [-0.25, -0.2) is 0 Å². The molecule has 0 radical (unpaired) electrons. The van der Waals surface area contributed by atoms with Gasteiger partial charge >= 0.3 is 5.97 Å². The first-order valence-corrected chi connectivity index (χ1v) is 9.45. The average molecular weight is 315 g/mol. The Bertz CT molecular complexity index is 241. The third-order valence-electron chi connectivity index (χ3n) is 4.29. The molecule has 0 spiro atoms. The Morgan fingerprint density at radius 2 is 1.27 bits per heavy atom. The Balaban J connectivity index is 3.14. The van der Waals surface area contributed by atoms with E-state index in [0.717, 1.165) is 32.1 Å². The summed E-state index contributed by atoms with van der Waals surface area (Å²) in [5, 5.41) is 9.88. The molecule has 22 heavy (non-hydrogen) atoms. The second-order valence-electron chi connectivity index (χ2n) is 6.45. The summed E-state index contributed by atoms with van der Waals surface area (Å²) in [5.41, 5.74) is 0. The lowest BCUT2D eigenvalue weighted by atomic mass is 10.0. The standard InChI is InChI=1S/C19H38O3/c1-3-4-5-12-15-18(20)16-13-10-8-6-7-9-11-14-17-19(21)22-2/h18,20H,3-17H2,1-2H3. The van der Waals surface area contributed by atoms with Gasteiger partial charge in [-0.2, -0.15) is 0 Å². The first kappa shape index (κ1) is 21.4. The van der Waals surface area contributed by atoms with Crippen molar-refractivity contribution >= 4 is 5.97 Å². The fourth-order valence-corrected chi connectivity index (χ4v) is 2.76. The van der Waals surface area contributed by atoms with Gasteiger partial charge in [0.1, 0.15) is 0 Å². The number of rotatable bonds is 16. The molecule has 0 heterocycles. The average Bonchev–Trinajstić information content (AvgIpc) is 2.53. The molecule has 0 aromatic rings. The van der Waals surface area contributed by atoms with Crippen LogP contribution in [0.3, 0.4) is 0 Å². The highest BCUT2D eigenvalue weighted by atomic mass is 16.5. The molecule has 0 aliphatic carbocycles. The lowest BCUT2D eigenvalue weighted by molar-refractivity contribution is -0.140. The number of ether oxygens (including phenoxy) is 1. The lowest BCUT2D eigenvalue weighted by Crippen LogP contribution is -2.05. The molecule has 3 heteroatoms. The molecular formula is C19H38O3. The molecule has 0 aliphatic rings. The van der Waals surface area contributed by atoms with E-state index >= 15 is 0 Å². The Hall–Kier alpha value is -0.570. The zero-order valence-electron chi connectivity index (χ0n) is 14.9. The van der Waals surface area contributed by atoms with E-state index in [2.05, 4.69) is 11.7 Å². The number of aliphatic hydroxyl groups is 1. The fourth-order valence-electron chi connectivity index (χ4n) is 2.76. The molecule has 0 aliphatic heterocycles. The second kappa shape index (κ2) is 16.8. The summed E-state index contributed by atoms with van der Waals surface area (Å²) in [5.74, 6) is -0.0896. The fraction of sp³-hybridized carbons (Fsp3) is 0.947. The van der Waals surface area contributed by atoms with Crippen LogP contribution in [0.4, 0.5) is 0 Å². The van der Waals surface area contributed by atoms with Gasteiger partial charge in [0, 0.05) is 6.42 Å². The number of esters is 1. The van der Waals surface area contributed by atoms with Crippen LogP contribution >= 0.6 is 0 Å². The van der Waals surface area contributed by atoms with Crippen molar-refractivity contribution in [1.82, 2.24) is 0 Å². The molecule has 0 fully saturated rings. The Morgan fingerprint density at radius 3 is 1.77 bits per heavy atom. The predicted molar refractivity (Wildman–Crippen MR) is 93.0 cm³/mol. The highest BCUT2D eigenvalue weighted by Crippen LogP contribution is 2.14. The van der Waals surface area contributed by atoms with E-state index in [4.69, 9.17) is 0 Å². The summed E-state index contributed by atoms with van der Waals surface area (Å²) in [6, 6.07) is 0. The quantitative estimate of drug-likeness (QED) is 0.307. The number of carbonyl (C=O) groups is 1.